The SMILES string of the molecule is CC(C)C[C@@H](N)C(=O)N1CCn2ccnc2C1. The molecule has 0 aliphatic carbocycles. The van der Waals surface area contributed by atoms with Crippen LogP contribution in [-0.2, 0) is 17.9 Å². The van der Waals surface area contributed by atoms with Crippen LogP contribution in [0.1, 0.15) is 26.1 Å². The fourth-order valence-electron chi connectivity index (χ4n) is 2.20. The molecule has 1 aromatic rings. The van der Waals surface area contributed by atoms with E-state index in [1.807, 2.05) is 11.1 Å². The summed E-state index contributed by atoms with van der Waals surface area (Å²) in [5.41, 5.74) is 5.93. The molecule has 2 heterocycles. The number of imidazole rings is 1. The first-order valence-corrected chi connectivity index (χ1v) is 6.12. The number of aromatic nitrogens is 2. The summed E-state index contributed by atoms with van der Waals surface area (Å²) in [7, 11) is 0. The third-order valence-corrected chi connectivity index (χ3v) is 3.10. The summed E-state index contributed by atoms with van der Waals surface area (Å²) in [6.45, 7) is 6.28. The molecular weight excluding hydrogens is 216 g/mol. The van der Waals surface area contributed by atoms with Crippen LogP contribution in [0.3, 0.4) is 0 Å². The number of carbonyl (C=O) groups excluding carboxylic acids is 1. The molecule has 0 aromatic carbocycles. The van der Waals surface area contributed by atoms with Gasteiger partial charge in [0.25, 0.3) is 0 Å². The predicted molar refractivity (Wildman–Crippen MR) is 65.1 cm³/mol. The maximum atomic E-state index is 12.1. The number of nitrogens with zero attached hydrogens (tertiary/aromatic N) is 3. The average molecular weight is 236 g/mol. The minimum atomic E-state index is -0.378. The Morgan fingerprint density at radius 1 is 1.53 bits per heavy atom. The second-order valence-electron chi connectivity index (χ2n) is 5.03. The Hall–Kier alpha value is -1.36. The Bertz CT molecular complexity index is 399. The van der Waals surface area contributed by atoms with E-state index in [2.05, 4.69) is 23.4 Å². The molecule has 1 amide bonds. The molecule has 17 heavy (non-hydrogen) atoms. The van der Waals surface area contributed by atoms with Crippen LogP contribution < -0.4 is 5.73 Å². The van der Waals surface area contributed by atoms with Gasteiger partial charge in [-0.15, -0.1) is 0 Å². The molecule has 1 aromatic heterocycles. The van der Waals surface area contributed by atoms with Crippen molar-refractivity contribution in [2.75, 3.05) is 6.54 Å². The number of carbonyl (C=O) groups is 1. The summed E-state index contributed by atoms with van der Waals surface area (Å²) >= 11 is 0. The number of nitrogens with two attached hydrogens (primary N) is 1. The van der Waals surface area contributed by atoms with Crippen LogP contribution in [0.5, 0.6) is 0 Å². The van der Waals surface area contributed by atoms with E-state index in [9.17, 15) is 4.79 Å². The molecule has 0 bridgehead atoms. The second-order valence-corrected chi connectivity index (χ2v) is 5.03. The van der Waals surface area contributed by atoms with Gasteiger partial charge in [0.2, 0.25) is 5.91 Å². The molecule has 1 atom stereocenters. The highest BCUT2D eigenvalue weighted by Crippen LogP contribution is 2.13. The zero-order valence-corrected chi connectivity index (χ0v) is 10.5. The van der Waals surface area contributed by atoms with Gasteiger partial charge in [-0.25, -0.2) is 4.98 Å². The van der Waals surface area contributed by atoms with Crippen LogP contribution in [0.15, 0.2) is 12.4 Å². The molecule has 2 rings (SSSR count). The second kappa shape index (κ2) is 4.87. The van der Waals surface area contributed by atoms with Crippen molar-refractivity contribution < 1.29 is 4.79 Å². The van der Waals surface area contributed by atoms with Crippen LogP contribution in [-0.4, -0.2) is 32.9 Å². The fourth-order valence-corrected chi connectivity index (χ4v) is 2.20. The van der Waals surface area contributed by atoms with Crippen LogP contribution >= 0.6 is 0 Å². The van der Waals surface area contributed by atoms with E-state index >= 15 is 0 Å². The molecule has 0 radical (unpaired) electrons. The Labute approximate surface area is 102 Å². The summed E-state index contributed by atoms with van der Waals surface area (Å²) in [6.07, 6.45) is 4.46. The van der Waals surface area contributed by atoms with Crippen LogP contribution in [0.4, 0.5) is 0 Å². The van der Waals surface area contributed by atoms with Crippen molar-refractivity contribution in [1.82, 2.24) is 14.5 Å². The van der Waals surface area contributed by atoms with Crippen molar-refractivity contribution in [3.05, 3.63) is 18.2 Å². The average Bonchev–Trinajstić information content (AvgIpc) is 2.73. The van der Waals surface area contributed by atoms with Gasteiger partial charge in [0.05, 0.1) is 12.6 Å². The van der Waals surface area contributed by atoms with Gasteiger partial charge < -0.3 is 15.2 Å². The maximum absolute atomic E-state index is 12.1. The first-order valence-electron chi connectivity index (χ1n) is 6.12. The molecule has 0 saturated heterocycles. The minimum absolute atomic E-state index is 0.0490. The summed E-state index contributed by atoms with van der Waals surface area (Å²) < 4.78 is 2.08. The van der Waals surface area contributed by atoms with E-state index in [1.165, 1.54) is 0 Å². The van der Waals surface area contributed by atoms with E-state index in [-0.39, 0.29) is 11.9 Å². The van der Waals surface area contributed by atoms with Crippen molar-refractivity contribution >= 4 is 5.91 Å². The Balaban J connectivity index is 1.98. The van der Waals surface area contributed by atoms with Crippen LogP contribution in [0, 0.1) is 5.92 Å². The summed E-state index contributed by atoms with van der Waals surface area (Å²) in [6, 6.07) is -0.378. The standard InChI is InChI=1S/C12H20N4O/c1-9(2)7-10(13)12(17)16-6-5-15-4-3-14-11(15)8-16/h3-4,9-10H,5-8,13H2,1-2H3/t10-/m1/s1. The molecule has 0 unspecified atom stereocenters. The lowest BCUT2D eigenvalue weighted by atomic mass is 10.0. The van der Waals surface area contributed by atoms with Crippen LogP contribution in [0.25, 0.3) is 0 Å². The first-order chi connectivity index (χ1) is 8.08. The normalized spacial score (nSPS) is 17.1. The fraction of sp³-hybridized carbons (Fsp3) is 0.667. The molecule has 0 fully saturated rings. The zero-order valence-electron chi connectivity index (χ0n) is 10.5. The topological polar surface area (TPSA) is 64.2 Å². The summed E-state index contributed by atoms with van der Waals surface area (Å²) in [4.78, 5) is 18.2. The third-order valence-electron chi connectivity index (χ3n) is 3.10. The van der Waals surface area contributed by atoms with E-state index in [0.29, 0.717) is 12.5 Å². The minimum Gasteiger partial charge on any atom is -0.332 e. The Morgan fingerprint density at radius 2 is 2.29 bits per heavy atom. The maximum Gasteiger partial charge on any atom is 0.239 e. The Kier molecular flexibility index (Phi) is 3.47. The molecular formula is C12H20N4O. The lowest BCUT2D eigenvalue weighted by molar-refractivity contribution is -0.134. The van der Waals surface area contributed by atoms with E-state index in [1.54, 1.807) is 6.20 Å². The molecule has 5 nitrogen and oxygen atoms in total. The number of amides is 1. The molecule has 94 valence electrons. The number of hydrogen-bond donors (Lipinski definition) is 1. The van der Waals surface area contributed by atoms with Gasteiger partial charge in [-0.2, -0.15) is 0 Å². The number of rotatable bonds is 3. The highest BCUT2D eigenvalue weighted by atomic mass is 16.2. The number of fused-ring (bicyclic) bond motifs is 1. The molecule has 1 aliphatic rings. The third kappa shape index (κ3) is 2.66. The molecule has 0 spiro atoms. The van der Waals surface area contributed by atoms with Gasteiger partial charge in [0.15, 0.2) is 0 Å². The lowest BCUT2D eigenvalue weighted by Gasteiger charge is -2.30. The van der Waals surface area contributed by atoms with Crippen molar-refractivity contribution in [2.45, 2.75) is 39.4 Å². The van der Waals surface area contributed by atoms with Crippen molar-refractivity contribution in [3.63, 3.8) is 0 Å². The van der Waals surface area contributed by atoms with Crippen molar-refractivity contribution in [2.24, 2.45) is 11.7 Å². The van der Waals surface area contributed by atoms with Gasteiger partial charge in [0, 0.05) is 25.5 Å². The van der Waals surface area contributed by atoms with Gasteiger partial charge in [-0.3, -0.25) is 4.79 Å². The largest absolute Gasteiger partial charge is 0.332 e. The summed E-state index contributed by atoms with van der Waals surface area (Å²) in [5.74, 6) is 1.44. The lowest BCUT2D eigenvalue weighted by Crippen LogP contribution is -2.47. The van der Waals surface area contributed by atoms with E-state index in [0.717, 1.165) is 25.3 Å². The quantitative estimate of drug-likeness (QED) is 0.835. The first kappa shape index (κ1) is 12.1. The monoisotopic (exact) mass is 236 g/mol. The van der Waals surface area contributed by atoms with Gasteiger partial charge >= 0.3 is 0 Å². The van der Waals surface area contributed by atoms with Gasteiger partial charge in [0.1, 0.15) is 5.82 Å². The summed E-state index contributed by atoms with van der Waals surface area (Å²) in [5, 5.41) is 0. The highest BCUT2D eigenvalue weighted by molar-refractivity contribution is 5.81. The molecule has 1 aliphatic heterocycles. The van der Waals surface area contributed by atoms with E-state index in [4.69, 9.17) is 5.73 Å². The van der Waals surface area contributed by atoms with Crippen molar-refractivity contribution in [3.8, 4) is 0 Å². The van der Waals surface area contributed by atoms with Crippen LogP contribution in [0.2, 0.25) is 0 Å². The zero-order chi connectivity index (χ0) is 12.4. The molecule has 0 saturated carbocycles. The van der Waals surface area contributed by atoms with E-state index < -0.39 is 0 Å². The Morgan fingerprint density at radius 3 is 3.00 bits per heavy atom. The number of hydrogen-bond acceptors (Lipinski definition) is 3. The molecule has 5 heteroatoms. The van der Waals surface area contributed by atoms with Gasteiger partial charge in [-0.1, -0.05) is 13.8 Å². The highest BCUT2D eigenvalue weighted by Gasteiger charge is 2.25. The molecule has 2 N–H and O–H groups in total. The van der Waals surface area contributed by atoms with Crippen molar-refractivity contribution in [1.29, 1.82) is 0 Å². The smallest absolute Gasteiger partial charge is 0.239 e. The predicted octanol–water partition coefficient (Wildman–Crippen LogP) is 0.599. The van der Waals surface area contributed by atoms with Gasteiger partial charge in [-0.05, 0) is 12.3 Å².